The Labute approximate surface area is 145 Å². The van der Waals surface area contributed by atoms with E-state index in [1.165, 1.54) is 24.2 Å². The minimum absolute atomic E-state index is 0.103. The number of hydrogen-bond acceptors (Lipinski definition) is 4. The van der Waals surface area contributed by atoms with Crippen LogP contribution in [-0.2, 0) is 6.54 Å². The second-order valence-electron chi connectivity index (χ2n) is 6.38. The maximum absolute atomic E-state index is 12.6. The highest BCUT2D eigenvalue weighted by molar-refractivity contribution is 7.10. The summed E-state index contributed by atoms with van der Waals surface area (Å²) in [5.41, 5.74) is 1.31. The third kappa shape index (κ3) is 2.85. The molecule has 4 nitrogen and oxygen atoms in total. The Kier molecular flexibility index (Phi) is 4.12. The van der Waals surface area contributed by atoms with Crippen molar-refractivity contribution in [2.75, 3.05) is 13.1 Å². The van der Waals surface area contributed by atoms with Gasteiger partial charge in [-0.05, 0) is 42.8 Å². The molecule has 1 aromatic heterocycles. The number of Topliss-reactive ketones (excluding diaryl/α,β-unsaturated/α-hetero) is 1. The number of quaternary nitrogens is 1. The Morgan fingerprint density at radius 1 is 1.21 bits per heavy atom. The molecule has 5 heteroatoms. The SMILES string of the molecule is O=C1/C(=C/c2cccs2)Oc2c1ccc(O)c2C[NH+]1CCCCC1. The highest BCUT2D eigenvalue weighted by Gasteiger charge is 2.32. The fourth-order valence-corrected chi connectivity index (χ4v) is 4.10. The van der Waals surface area contributed by atoms with Gasteiger partial charge < -0.3 is 14.7 Å². The van der Waals surface area contributed by atoms with Crippen LogP contribution < -0.4 is 9.64 Å². The fraction of sp³-hybridized carbons (Fsp3) is 0.316. The van der Waals surface area contributed by atoms with Crippen LogP contribution in [-0.4, -0.2) is 24.0 Å². The van der Waals surface area contributed by atoms with E-state index in [1.54, 1.807) is 29.5 Å². The number of thiophene rings is 1. The molecule has 1 fully saturated rings. The van der Waals surface area contributed by atoms with Crippen molar-refractivity contribution in [2.24, 2.45) is 0 Å². The largest absolute Gasteiger partial charge is 0.507 e. The average molecular weight is 342 g/mol. The lowest BCUT2D eigenvalue weighted by Crippen LogP contribution is -3.11. The Hall–Kier alpha value is -2.11. The molecular formula is C19H20NO3S+. The van der Waals surface area contributed by atoms with Crippen LogP contribution in [0.1, 0.15) is 40.1 Å². The van der Waals surface area contributed by atoms with E-state index >= 15 is 0 Å². The van der Waals surface area contributed by atoms with Crippen LogP contribution in [0.4, 0.5) is 0 Å². The molecule has 1 saturated heterocycles. The van der Waals surface area contributed by atoms with Gasteiger partial charge in [0.25, 0.3) is 0 Å². The van der Waals surface area contributed by atoms with Gasteiger partial charge in [0.1, 0.15) is 12.3 Å². The summed E-state index contributed by atoms with van der Waals surface area (Å²) in [5, 5.41) is 12.3. The first kappa shape index (κ1) is 15.4. The van der Waals surface area contributed by atoms with Gasteiger partial charge in [0.15, 0.2) is 11.5 Å². The number of nitrogens with one attached hydrogen (secondary N) is 1. The smallest absolute Gasteiger partial charge is 0.232 e. The van der Waals surface area contributed by atoms with Crippen molar-refractivity contribution in [3.63, 3.8) is 0 Å². The lowest BCUT2D eigenvalue weighted by atomic mass is 10.0. The summed E-state index contributed by atoms with van der Waals surface area (Å²) < 4.78 is 5.89. The zero-order chi connectivity index (χ0) is 16.5. The van der Waals surface area contributed by atoms with Crippen LogP contribution in [0.5, 0.6) is 11.5 Å². The quantitative estimate of drug-likeness (QED) is 0.843. The number of phenolic OH excluding ortho intramolecular Hbond substituents is 1. The highest BCUT2D eigenvalue weighted by Crippen LogP contribution is 2.39. The average Bonchev–Trinajstić information content (AvgIpc) is 3.21. The topological polar surface area (TPSA) is 51.0 Å². The molecule has 0 bridgehead atoms. The lowest BCUT2D eigenvalue weighted by molar-refractivity contribution is -0.918. The van der Waals surface area contributed by atoms with Gasteiger partial charge in [0, 0.05) is 11.0 Å². The minimum atomic E-state index is -0.103. The van der Waals surface area contributed by atoms with Gasteiger partial charge in [-0.2, -0.15) is 0 Å². The van der Waals surface area contributed by atoms with E-state index in [-0.39, 0.29) is 11.5 Å². The molecule has 4 rings (SSSR count). The van der Waals surface area contributed by atoms with Crippen molar-refractivity contribution in [1.29, 1.82) is 0 Å². The number of carbonyl (C=O) groups is 1. The molecule has 0 amide bonds. The first-order chi connectivity index (χ1) is 11.7. The van der Waals surface area contributed by atoms with Crippen LogP contribution in [0.15, 0.2) is 35.4 Å². The summed E-state index contributed by atoms with van der Waals surface area (Å²) in [4.78, 5) is 15.0. The molecule has 2 N–H and O–H groups in total. The van der Waals surface area contributed by atoms with E-state index < -0.39 is 0 Å². The van der Waals surface area contributed by atoms with Gasteiger partial charge in [-0.15, -0.1) is 11.3 Å². The number of ketones is 1. The Morgan fingerprint density at radius 3 is 2.79 bits per heavy atom. The Balaban J connectivity index is 1.66. The van der Waals surface area contributed by atoms with Crippen molar-refractivity contribution in [3.05, 3.63) is 51.4 Å². The summed E-state index contributed by atoms with van der Waals surface area (Å²) in [6, 6.07) is 7.18. The summed E-state index contributed by atoms with van der Waals surface area (Å²) in [6.45, 7) is 2.92. The Bertz CT molecular complexity index is 789. The predicted octanol–water partition coefficient (Wildman–Crippen LogP) is 2.64. The molecule has 124 valence electrons. The van der Waals surface area contributed by atoms with Gasteiger partial charge in [-0.3, -0.25) is 4.79 Å². The molecule has 0 unspecified atom stereocenters. The minimum Gasteiger partial charge on any atom is -0.507 e. The lowest BCUT2D eigenvalue weighted by Gasteiger charge is -2.24. The van der Waals surface area contributed by atoms with E-state index in [0.29, 0.717) is 23.6 Å². The normalized spacial score (nSPS) is 19.5. The van der Waals surface area contributed by atoms with Crippen molar-refractivity contribution in [2.45, 2.75) is 25.8 Å². The van der Waals surface area contributed by atoms with E-state index in [2.05, 4.69) is 0 Å². The van der Waals surface area contributed by atoms with Gasteiger partial charge in [-0.25, -0.2) is 0 Å². The first-order valence-electron chi connectivity index (χ1n) is 8.38. The van der Waals surface area contributed by atoms with Gasteiger partial charge in [0.05, 0.1) is 24.2 Å². The maximum Gasteiger partial charge on any atom is 0.232 e. The molecule has 0 saturated carbocycles. The highest BCUT2D eigenvalue weighted by atomic mass is 32.1. The van der Waals surface area contributed by atoms with Crippen molar-refractivity contribution in [3.8, 4) is 11.5 Å². The van der Waals surface area contributed by atoms with E-state index in [1.807, 2.05) is 17.5 Å². The number of hydrogen-bond donors (Lipinski definition) is 2. The number of allylic oxidation sites excluding steroid dienone is 1. The number of ether oxygens (including phenoxy) is 1. The van der Waals surface area contributed by atoms with Crippen LogP contribution in [0.3, 0.4) is 0 Å². The standard InChI is InChI=1S/C19H19NO3S/c21-16-7-6-14-18(22)17(11-13-5-4-10-24-13)23-19(14)15(16)12-20-8-2-1-3-9-20/h4-7,10-11,21H,1-3,8-9,12H2/p+1/b17-11-. The molecule has 0 spiro atoms. The van der Waals surface area contributed by atoms with Crippen LogP contribution in [0.25, 0.3) is 6.08 Å². The third-order valence-electron chi connectivity index (χ3n) is 4.72. The second kappa shape index (κ2) is 6.42. The number of carbonyl (C=O) groups excluding carboxylic acids is 1. The van der Waals surface area contributed by atoms with Crippen LogP contribution >= 0.6 is 11.3 Å². The van der Waals surface area contributed by atoms with Crippen LogP contribution in [0, 0.1) is 0 Å². The number of benzene rings is 1. The number of likely N-dealkylation sites (tertiary alicyclic amines) is 1. The maximum atomic E-state index is 12.6. The molecule has 3 heterocycles. The summed E-state index contributed by atoms with van der Waals surface area (Å²) in [6.07, 6.45) is 5.50. The second-order valence-corrected chi connectivity index (χ2v) is 7.36. The summed E-state index contributed by atoms with van der Waals surface area (Å²) in [5.74, 6) is 0.999. The third-order valence-corrected chi connectivity index (χ3v) is 5.54. The number of fused-ring (bicyclic) bond motifs is 1. The molecule has 0 radical (unpaired) electrons. The Morgan fingerprint density at radius 2 is 2.04 bits per heavy atom. The molecule has 2 aliphatic heterocycles. The predicted molar refractivity (Wildman–Crippen MR) is 93.6 cm³/mol. The summed E-state index contributed by atoms with van der Waals surface area (Å²) in [7, 11) is 0. The number of phenols is 1. The number of piperidine rings is 1. The van der Waals surface area contributed by atoms with Gasteiger partial charge in [-0.1, -0.05) is 6.07 Å². The molecule has 1 aromatic carbocycles. The molecule has 24 heavy (non-hydrogen) atoms. The van der Waals surface area contributed by atoms with Crippen molar-refractivity contribution < 1.29 is 19.5 Å². The number of aromatic hydroxyl groups is 1. The molecular weight excluding hydrogens is 322 g/mol. The fourth-order valence-electron chi connectivity index (χ4n) is 3.45. The molecule has 0 aliphatic carbocycles. The number of rotatable bonds is 3. The molecule has 2 aliphatic rings. The summed E-state index contributed by atoms with van der Waals surface area (Å²) >= 11 is 1.56. The zero-order valence-corrected chi connectivity index (χ0v) is 14.2. The van der Waals surface area contributed by atoms with Gasteiger partial charge >= 0.3 is 0 Å². The van der Waals surface area contributed by atoms with Crippen molar-refractivity contribution in [1.82, 2.24) is 0 Å². The van der Waals surface area contributed by atoms with E-state index in [4.69, 9.17) is 4.74 Å². The monoisotopic (exact) mass is 342 g/mol. The molecule has 0 atom stereocenters. The van der Waals surface area contributed by atoms with E-state index in [9.17, 15) is 9.90 Å². The first-order valence-corrected chi connectivity index (χ1v) is 9.26. The van der Waals surface area contributed by atoms with E-state index in [0.717, 1.165) is 23.5 Å². The van der Waals surface area contributed by atoms with Crippen molar-refractivity contribution >= 4 is 23.2 Å². The van der Waals surface area contributed by atoms with Crippen LogP contribution in [0.2, 0.25) is 0 Å². The van der Waals surface area contributed by atoms with Gasteiger partial charge in [0.2, 0.25) is 5.78 Å². The molecule has 2 aromatic rings. The zero-order valence-electron chi connectivity index (χ0n) is 13.4.